The van der Waals surface area contributed by atoms with Crippen LogP contribution < -0.4 is 4.74 Å². The summed E-state index contributed by atoms with van der Waals surface area (Å²) < 4.78 is 5.22. The Bertz CT molecular complexity index is 305. The molecule has 0 heterocycles. The van der Waals surface area contributed by atoms with Crippen molar-refractivity contribution in [2.24, 2.45) is 0 Å². The Hall–Kier alpha value is -0.630. The Morgan fingerprint density at radius 2 is 2.13 bits per heavy atom. The van der Waals surface area contributed by atoms with E-state index in [4.69, 9.17) is 4.74 Å². The van der Waals surface area contributed by atoms with Gasteiger partial charge in [0.05, 0.1) is 7.11 Å². The van der Waals surface area contributed by atoms with Gasteiger partial charge in [-0.05, 0) is 30.5 Å². The predicted octanol–water partition coefficient (Wildman–Crippen LogP) is 3.87. The minimum atomic E-state index is 0.899. The SMILES string of the molecule is COc1cccc(CSC2CCCC2)c1. The Morgan fingerprint density at radius 1 is 1.33 bits per heavy atom. The maximum atomic E-state index is 5.22. The zero-order valence-electron chi connectivity index (χ0n) is 9.24. The van der Waals surface area contributed by atoms with Crippen LogP contribution in [0.1, 0.15) is 31.2 Å². The molecule has 0 atom stereocenters. The summed E-state index contributed by atoms with van der Waals surface area (Å²) in [6.07, 6.45) is 5.68. The highest BCUT2D eigenvalue weighted by molar-refractivity contribution is 7.99. The van der Waals surface area contributed by atoms with Gasteiger partial charge in [0, 0.05) is 11.0 Å². The molecule has 0 bridgehead atoms. The molecular weight excluding hydrogens is 204 g/mol. The molecule has 15 heavy (non-hydrogen) atoms. The van der Waals surface area contributed by atoms with E-state index in [0.29, 0.717) is 0 Å². The van der Waals surface area contributed by atoms with Crippen molar-refractivity contribution in [1.82, 2.24) is 0 Å². The molecule has 2 heteroatoms. The van der Waals surface area contributed by atoms with Crippen molar-refractivity contribution in [3.05, 3.63) is 29.8 Å². The quantitative estimate of drug-likeness (QED) is 0.764. The molecule has 82 valence electrons. The van der Waals surface area contributed by atoms with E-state index in [1.165, 1.54) is 31.2 Å². The third-order valence-corrected chi connectivity index (χ3v) is 4.36. The van der Waals surface area contributed by atoms with Gasteiger partial charge in [-0.1, -0.05) is 25.0 Å². The van der Waals surface area contributed by atoms with Crippen LogP contribution >= 0.6 is 11.8 Å². The van der Waals surface area contributed by atoms with Crippen LogP contribution in [0.15, 0.2) is 24.3 Å². The van der Waals surface area contributed by atoms with Crippen LogP contribution in [0, 0.1) is 0 Å². The number of rotatable bonds is 4. The van der Waals surface area contributed by atoms with Gasteiger partial charge in [0.25, 0.3) is 0 Å². The summed E-state index contributed by atoms with van der Waals surface area (Å²) in [6.45, 7) is 0. The summed E-state index contributed by atoms with van der Waals surface area (Å²) in [6, 6.07) is 8.40. The first-order chi connectivity index (χ1) is 7.38. The van der Waals surface area contributed by atoms with E-state index in [-0.39, 0.29) is 0 Å². The lowest BCUT2D eigenvalue weighted by atomic mass is 10.2. The van der Waals surface area contributed by atoms with Crippen molar-refractivity contribution in [3.8, 4) is 5.75 Å². The number of thioether (sulfide) groups is 1. The van der Waals surface area contributed by atoms with Gasteiger partial charge < -0.3 is 4.74 Å². The van der Waals surface area contributed by atoms with Gasteiger partial charge in [0.1, 0.15) is 5.75 Å². The summed E-state index contributed by atoms with van der Waals surface area (Å²) in [5.74, 6) is 2.10. The number of ether oxygens (including phenoxy) is 1. The molecule has 1 aliphatic rings. The largest absolute Gasteiger partial charge is 0.497 e. The van der Waals surface area contributed by atoms with Gasteiger partial charge in [-0.3, -0.25) is 0 Å². The third-order valence-electron chi connectivity index (χ3n) is 2.92. The molecule has 0 N–H and O–H groups in total. The number of hydrogen-bond acceptors (Lipinski definition) is 2. The van der Waals surface area contributed by atoms with Crippen molar-refractivity contribution in [2.75, 3.05) is 7.11 Å². The van der Waals surface area contributed by atoms with E-state index in [9.17, 15) is 0 Å². The highest BCUT2D eigenvalue weighted by Crippen LogP contribution is 2.31. The third kappa shape index (κ3) is 3.16. The molecule has 0 aromatic heterocycles. The molecule has 1 saturated carbocycles. The minimum absolute atomic E-state index is 0.899. The Kier molecular flexibility index (Phi) is 3.95. The molecule has 1 fully saturated rings. The molecule has 2 rings (SSSR count). The fourth-order valence-corrected chi connectivity index (χ4v) is 3.31. The predicted molar refractivity (Wildman–Crippen MR) is 66.5 cm³/mol. The molecule has 0 radical (unpaired) electrons. The van der Waals surface area contributed by atoms with E-state index < -0.39 is 0 Å². The van der Waals surface area contributed by atoms with E-state index in [1.54, 1.807) is 7.11 Å². The van der Waals surface area contributed by atoms with E-state index in [1.807, 2.05) is 6.07 Å². The normalized spacial score (nSPS) is 16.9. The van der Waals surface area contributed by atoms with Gasteiger partial charge in [0.15, 0.2) is 0 Å². The van der Waals surface area contributed by atoms with Gasteiger partial charge in [-0.25, -0.2) is 0 Å². The molecule has 1 aromatic carbocycles. The second-order valence-corrected chi connectivity index (χ2v) is 5.36. The lowest BCUT2D eigenvalue weighted by molar-refractivity contribution is 0.414. The summed E-state index contributed by atoms with van der Waals surface area (Å²) in [4.78, 5) is 0. The molecule has 1 aliphatic carbocycles. The summed E-state index contributed by atoms with van der Waals surface area (Å²) in [5, 5.41) is 0.899. The van der Waals surface area contributed by atoms with Crippen molar-refractivity contribution in [1.29, 1.82) is 0 Å². The maximum absolute atomic E-state index is 5.22. The molecule has 0 aliphatic heterocycles. The Morgan fingerprint density at radius 3 is 2.87 bits per heavy atom. The van der Waals surface area contributed by atoms with Gasteiger partial charge in [-0.15, -0.1) is 0 Å². The van der Waals surface area contributed by atoms with Gasteiger partial charge in [-0.2, -0.15) is 11.8 Å². The number of methoxy groups -OCH3 is 1. The van der Waals surface area contributed by atoms with E-state index in [0.717, 1.165) is 16.8 Å². The smallest absolute Gasteiger partial charge is 0.119 e. The van der Waals surface area contributed by atoms with Crippen LogP contribution in [-0.2, 0) is 5.75 Å². The number of hydrogen-bond donors (Lipinski definition) is 0. The Balaban J connectivity index is 1.86. The van der Waals surface area contributed by atoms with Crippen molar-refractivity contribution in [3.63, 3.8) is 0 Å². The van der Waals surface area contributed by atoms with Gasteiger partial charge in [0.2, 0.25) is 0 Å². The van der Waals surface area contributed by atoms with Crippen LogP contribution in [0.2, 0.25) is 0 Å². The van der Waals surface area contributed by atoms with Crippen LogP contribution in [0.4, 0.5) is 0 Å². The molecule has 1 nitrogen and oxygen atoms in total. The average molecular weight is 222 g/mol. The first-order valence-electron chi connectivity index (χ1n) is 5.63. The zero-order valence-corrected chi connectivity index (χ0v) is 10.1. The minimum Gasteiger partial charge on any atom is -0.497 e. The lowest BCUT2D eigenvalue weighted by Crippen LogP contribution is -1.95. The Labute approximate surface area is 96.2 Å². The first kappa shape index (κ1) is 10.9. The van der Waals surface area contributed by atoms with Crippen molar-refractivity contribution in [2.45, 2.75) is 36.7 Å². The zero-order chi connectivity index (χ0) is 10.5. The van der Waals surface area contributed by atoms with Crippen molar-refractivity contribution < 1.29 is 4.74 Å². The first-order valence-corrected chi connectivity index (χ1v) is 6.68. The summed E-state index contributed by atoms with van der Waals surface area (Å²) >= 11 is 2.10. The fourth-order valence-electron chi connectivity index (χ4n) is 2.03. The van der Waals surface area contributed by atoms with Crippen LogP contribution in [0.3, 0.4) is 0 Å². The van der Waals surface area contributed by atoms with Crippen LogP contribution in [0.25, 0.3) is 0 Å². The summed E-state index contributed by atoms with van der Waals surface area (Å²) in [5.41, 5.74) is 1.38. The van der Waals surface area contributed by atoms with E-state index >= 15 is 0 Å². The second-order valence-electron chi connectivity index (χ2n) is 4.07. The molecule has 0 spiro atoms. The van der Waals surface area contributed by atoms with Crippen LogP contribution in [0.5, 0.6) is 5.75 Å². The molecule has 1 aromatic rings. The topological polar surface area (TPSA) is 9.23 Å². The number of benzene rings is 1. The molecule has 0 amide bonds. The highest BCUT2D eigenvalue weighted by Gasteiger charge is 2.14. The summed E-state index contributed by atoms with van der Waals surface area (Å²) in [7, 11) is 1.73. The molecular formula is C13H18OS. The van der Waals surface area contributed by atoms with Crippen LogP contribution in [-0.4, -0.2) is 12.4 Å². The van der Waals surface area contributed by atoms with Crippen molar-refractivity contribution >= 4 is 11.8 Å². The van der Waals surface area contributed by atoms with Gasteiger partial charge >= 0.3 is 0 Å². The lowest BCUT2D eigenvalue weighted by Gasteiger charge is -2.09. The molecule has 0 unspecified atom stereocenters. The standard InChI is InChI=1S/C13H18OS/c1-14-12-6-4-5-11(9-12)10-15-13-7-2-3-8-13/h4-6,9,13H,2-3,7-8,10H2,1H3. The highest BCUT2D eigenvalue weighted by atomic mass is 32.2. The fraction of sp³-hybridized carbons (Fsp3) is 0.538. The average Bonchev–Trinajstić information content (AvgIpc) is 2.79. The molecule has 0 saturated heterocycles. The monoisotopic (exact) mass is 222 g/mol. The second kappa shape index (κ2) is 5.45. The maximum Gasteiger partial charge on any atom is 0.119 e. The van der Waals surface area contributed by atoms with E-state index in [2.05, 4.69) is 30.0 Å².